The van der Waals surface area contributed by atoms with Crippen LogP contribution in [0.25, 0.3) is 0 Å². The van der Waals surface area contributed by atoms with Crippen molar-refractivity contribution in [2.45, 2.75) is 30.6 Å². The minimum atomic E-state index is -1.59. The summed E-state index contributed by atoms with van der Waals surface area (Å²) in [6.45, 7) is 0. The molecule has 1 saturated heterocycles. The molecule has 0 bridgehead atoms. The van der Waals surface area contributed by atoms with Gasteiger partial charge in [-0.1, -0.05) is 0 Å². The van der Waals surface area contributed by atoms with E-state index in [-0.39, 0.29) is 0 Å². The number of hydrogen-bond donors (Lipinski definition) is 5. The molecule has 76 valence electrons. The Morgan fingerprint density at radius 1 is 1.31 bits per heavy atom. The lowest BCUT2D eigenvalue weighted by atomic mass is 10.0. The molecule has 6 N–H and O–H groups in total. The van der Waals surface area contributed by atoms with Crippen LogP contribution in [-0.4, -0.2) is 57.0 Å². The molecule has 1 aliphatic rings. The molecule has 0 aromatic rings. The summed E-state index contributed by atoms with van der Waals surface area (Å²) in [5.41, 5.74) is 5.13. The lowest BCUT2D eigenvalue weighted by Gasteiger charge is -2.17. The van der Waals surface area contributed by atoms with Gasteiger partial charge in [-0.15, -0.1) is 0 Å². The van der Waals surface area contributed by atoms with Crippen LogP contribution in [-0.2, 0) is 9.53 Å². The molecule has 7 nitrogen and oxygen atoms in total. The Labute approximate surface area is 73.4 Å². The monoisotopic (exact) mass is 193 g/mol. The fourth-order valence-electron chi connectivity index (χ4n) is 1.12. The average molecular weight is 193 g/mol. The summed E-state index contributed by atoms with van der Waals surface area (Å²) in [4.78, 5) is 10.4. The molecule has 13 heavy (non-hydrogen) atoms. The van der Waals surface area contributed by atoms with Crippen LogP contribution in [0, 0.1) is 0 Å². The Hall–Kier alpha value is -0.730. The quantitative estimate of drug-likeness (QED) is 0.312. The van der Waals surface area contributed by atoms with E-state index in [1.807, 2.05) is 0 Å². The summed E-state index contributed by atoms with van der Waals surface area (Å²) in [5.74, 6) is -1.37. The number of carboxylic acids is 1. The molecule has 0 aromatic carbocycles. The topological polar surface area (TPSA) is 133 Å². The third-order valence-electron chi connectivity index (χ3n) is 1.91. The Bertz CT molecular complexity index is 209. The van der Waals surface area contributed by atoms with Gasteiger partial charge in [-0.2, -0.15) is 0 Å². The van der Waals surface area contributed by atoms with Gasteiger partial charge in [0.2, 0.25) is 0 Å². The van der Waals surface area contributed by atoms with E-state index in [2.05, 4.69) is 4.74 Å². The van der Waals surface area contributed by atoms with Gasteiger partial charge in [-0.25, -0.2) is 0 Å². The summed E-state index contributed by atoms with van der Waals surface area (Å²) < 4.78 is 4.56. The van der Waals surface area contributed by atoms with Gasteiger partial charge >= 0.3 is 5.97 Å². The zero-order valence-corrected chi connectivity index (χ0v) is 6.57. The second kappa shape index (κ2) is 3.56. The Morgan fingerprint density at radius 2 is 1.85 bits per heavy atom. The molecule has 7 heteroatoms. The number of nitrogens with two attached hydrogens (primary N) is 1. The highest BCUT2D eigenvalue weighted by Crippen LogP contribution is 2.21. The van der Waals surface area contributed by atoms with Crippen molar-refractivity contribution in [2.75, 3.05) is 0 Å². The zero-order valence-electron chi connectivity index (χ0n) is 6.57. The maximum Gasteiger partial charge on any atom is 0.323 e. The molecule has 5 unspecified atom stereocenters. The van der Waals surface area contributed by atoms with E-state index >= 15 is 0 Å². The Balaban J connectivity index is 2.68. The maximum atomic E-state index is 10.4. The van der Waals surface area contributed by atoms with Crippen molar-refractivity contribution in [3.05, 3.63) is 0 Å². The van der Waals surface area contributed by atoms with E-state index < -0.39 is 36.6 Å². The Morgan fingerprint density at radius 3 is 2.15 bits per heavy atom. The summed E-state index contributed by atoms with van der Waals surface area (Å²) in [6, 6.07) is -1.47. The van der Waals surface area contributed by atoms with Crippen molar-refractivity contribution in [1.29, 1.82) is 0 Å². The number of carbonyl (C=O) groups is 1. The van der Waals surface area contributed by atoms with Crippen LogP contribution in [0.1, 0.15) is 0 Å². The van der Waals surface area contributed by atoms with Crippen molar-refractivity contribution < 1.29 is 30.0 Å². The van der Waals surface area contributed by atoms with Gasteiger partial charge in [0.15, 0.2) is 6.29 Å². The number of ether oxygens (including phenoxy) is 1. The molecule has 1 rings (SSSR count). The van der Waals surface area contributed by atoms with Crippen molar-refractivity contribution in [2.24, 2.45) is 5.73 Å². The molecule has 0 spiro atoms. The lowest BCUT2D eigenvalue weighted by molar-refractivity contribution is -0.151. The van der Waals surface area contributed by atoms with Crippen LogP contribution in [0.2, 0.25) is 0 Å². The van der Waals surface area contributed by atoms with E-state index in [1.165, 1.54) is 0 Å². The largest absolute Gasteiger partial charge is 0.480 e. The van der Waals surface area contributed by atoms with Gasteiger partial charge in [0, 0.05) is 0 Å². The normalized spacial score (nSPS) is 41.8. The van der Waals surface area contributed by atoms with Crippen LogP contribution in [0.15, 0.2) is 0 Å². The number of rotatable bonds is 2. The van der Waals surface area contributed by atoms with E-state index in [9.17, 15) is 4.79 Å². The van der Waals surface area contributed by atoms with Crippen molar-refractivity contribution in [3.8, 4) is 0 Å². The number of aliphatic carboxylic acids is 1. The van der Waals surface area contributed by atoms with E-state index in [0.717, 1.165) is 0 Å². The van der Waals surface area contributed by atoms with Gasteiger partial charge in [-0.3, -0.25) is 4.79 Å². The zero-order chi connectivity index (χ0) is 10.2. The second-order valence-electron chi connectivity index (χ2n) is 2.84. The Kier molecular flexibility index (Phi) is 2.84. The SMILES string of the molecule is NC(C(=O)O)C1OC(O)C(O)C1O. The first-order valence-corrected chi connectivity index (χ1v) is 3.63. The van der Waals surface area contributed by atoms with Crippen LogP contribution < -0.4 is 5.73 Å². The van der Waals surface area contributed by atoms with Gasteiger partial charge in [0.1, 0.15) is 24.4 Å². The van der Waals surface area contributed by atoms with Crippen molar-refractivity contribution in [1.82, 2.24) is 0 Å². The number of hydrogen-bond acceptors (Lipinski definition) is 6. The predicted molar refractivity (Wildman–Crippen MR) is 38.5 cm³/mol. The third-order valence-corrected chi connectivity index (χ3v) is 1.91. The third kappa shape index (κ3) is 1.79. The second-order valence-corrected chi connectivity index (χ2v) is 2.84. The van der Waals surface area contributed by atoms with E-state index in [4.69, 9.17) is 26.2 Å². The molecular weight excluding hydrogens is 182 g/mol. The van der Waals surface area contributed by atoms with Gasteiger partial charge in [-0.05, 0) is 0 Å². The molecule has 0 aromatic heterocycles. The van der Waals surface area contributed by atoms with Crippen LogP contribution in [0.3, 0.4) is 0 Å². The van der Waals surface area contributed by atoms with Crippen LogP contribution in [0.4, 0.5) is 0 Å². The molecule has 0 saturated carbocycles. The van der Waals surface area contributed by atoms with Crippen LogP contribution >= 0.6 is 0 Å². The lowest BCUT2D eigenvalue weighted by Crippen LogP contribution is -2.48. The molecule has 5 atom stereocenters. The number of carboxylic acid groups (broad SMARTS) is 1. The average Bonchev–Trinajstić information content (AvgIpc) is 2.31. The maximum absolute atomic E-state index is 10.4. The van der Waals surface area contributed by atoms with Crippen LogP contribution in [0.5, 0.6) is 0 Å². The highest BCUT2D eigenvalue weighted by Gasteiger charge is 2.46. The first-order chi connectivity index (χ1) is 5.95. The molecule has 1 heterocycles. The first kappa shape index (κ1) is 10.4. The summed E-state index contributed by atoms with van der Waals surface area (Å²) in [6.07, 6.45) is -5.88. The van der Waals surface area contributed by atoms with Gasteiger partial charge in [0.05, 0.1) is 0 Å². The van der Waals surface area contributed by atoms with Crippen molar-refractivity contribution >= 4 is 5.97 Å². The number of aliphatic hydroxyl groups is 3. The molecule has 0 amide bonds. The summed E-state index contributed by atoms with van der Waals surface area (Å²) in [5, 5.41) is 35.5. The molecule has 1 fully saturated rings. The minimum absolute atomic E-state index is 1.29. The summed E-state index contributed by atoms with van der Waals surface area (Å²) >= 11 is 0. The minimum Gasteiger partial charge on any atom is -0.480 e. The highest BCUT2D eigenvalue weighted by molar-refractivity contribution is 5.74. The number of aliphatic hydroxyl groups excluding tert-OH is 3. The van der Waals surface area contributed by atoms with Gasteiger partial charge < -0.3 is 30.9 Å². The molecule has 0 radical (unpaired) electrons. The van der Waals surface area contributed by atoms with Gasteiger partial charge in [0.25, 0.3) is 0 Å². The molecular formula is C6H11NO6. The summed E-state index contributed by atoms with van der Waals surface area (Å²) in [7, 11) is 0. The highest BCUT2D eigenvalue weighted by atomic mass is 16.6. The molecule has 0 aliphatic carbocycles. The fourth-order valence-corrected chi connectivity index (χ4v) is 1.12. The molecule has 1 aliphatic heterocycles. The fraction of sp³-hybridized carbons (Fsp3) is 0.833. The smallest absolute Gasteiger partial charge is 0.323 e. The first-order valence-electron chi connectivity index (χ1n) is 3.63. The van der Waals surface area contributed by atoms with E-state index in [0.29, 0.717) is 0 Å². The predicted octanol–water partition coefficient (Wildman–Crippen LogP) is -3.16. The van der Waals surface area contributed by atoms with E-state index in [1.54, 1.807) is 0 Å². The van der Waals surface area contributed by atoms with Crippen molar-refractivity contribution in [3.63, 3.8) is 0 Å². The standard InChI is InChI=1S/C6H11NO6/c7-1(5(10)11)4-2(8)3(9)6(12)13-4/h1-4,6,8-9,12H,7H2,(H,10,11).